The quantitative estimate of drug-likeness (QED) is 0.816. The number of nitriles is 1. The van der Waals surface area contributed by atoms with Gasteiger partial charge in [0.25, 0.3) is 5.91 Å². The van der Waals surface area contributed by atoms with Gasteiger partial charge in [0.05, 0.1) is 17.2 Å². The Morgan fingerprint density at radius 2 is 2.08 bits per heavy atom. The smallest absolute Gasteiger partial charge is 0.255 e. The van der Waals surface area contributed by atoms with Crippen LogP contribution in [0.5, 0.6) is 0 Å². The van der Waals surface area contributed by atoms with Gasteiger partial charge in [-0.15, -0.1) is 0 Å². The molecule has 2 aliphatic rings. The number of aliphatic hydroxyl groups excluding tert-OH is 1. The van der Waals surface area contributed by atoms with E-state index in [2.05, 4.69) is 6.07 Å². The van der Waals surface area contributed by atoms with E-state index in [-0.39, 0.29) is 30.4 Å². The molecule has 6 heteroatoms. The summed E-state index contributed by atoms with van der Waals surface area (Å²) in [7, 11) is 0. The molecule has 2 aliphatic heterocycles. The summed E-state index contributed by atoms with van der Waals surface area (Å²) in [5.74, 6) is 0.386. The molecule has 0 saturated carbocycles. The number of rotatable bonds is 5. The number of nitrogens with zero attached hydrogens (tertiary/aromatic N) is 3. The summed E-state index contributed by atoms with van der Waals surface area (Å²) >= 11 is 0. The van der Waals surface area contributed by atoms with Crippen LogP contribution in [0.3, 0.4) is 0 Å². The topological polar surface area (TPSA) is 84.6 Å². The Labute approximate surface area is 154 Å². The highest BCUT2D eigenvalue weighted by Crippen LogP contribution is 2.32. The van der Waals surface area contributed by atoms with Crippen molar-refractivity contribution >= 4 is 11.8 Å². The second kappa shape index (κ2) is 8.33. The lowest BCUT2D eigenvalue weighted by Crippen LogP contribution is -2.57. The first-order valence-electron chi connectivity index (χ1n) is 9.34. The number of unbranched alkanes of at least 4 members (excludes halogenated alkanes) is 1. The van der Waals surface area contributed by atoms with Crippen LogP contribution < -0.4 is 0 Å². The Bertz CT molecular complexity index is 712. The van der Waals surface area contributed by atoms with Gasteiger partial charge in [-0.25, -0.2) is 0 Å². The van der Waals surface area contributed by atoms with E-state index in [1.165, 1.54) is 0 Å². The maximum atomic E-state index is 12.9. The first-order chi connectivity index (χ1) is 12.7. The third-order valence-electron chi connectivity index (χ3n) is 5.52. The number of carbonyl (C=O) groups excluding carboxylic acids is 2. The van der Waals surface area contributed by atoms with Crippen LogP contribution in [0.15, 0.2) is 24.3 Å². The van der Waals surface area contributed by atoms with Gasteiger partial charge in [-0.2, -0.15) is 5.26 Å². The fourth-order valence-corrected chi connectivity index (χ4v) is 4.16. The summed E-state index contributed by atoms with van der Waals surface area (Å²) in [4.78, 5) is 29.0. The van der Waals surface area contributed by atoms with Crippen molar-refractivity contribution < 1.29 is 14.7 Å². The molecular weight excluding hydrogens is 330 g/mol. The van der Waals surface area contributed by atoms with Crippen molar-refractivity contribution in [3.05, 3.63) is 35.4 Å². The Morgan fingerprint density at radius 3 is 2.85 bits per heavy atom. The molecule has 3 rings (SSSR count). The Kier molecular flexibility index (Phi) is 5.89. The third-order valence-corrected chi connectivity index (χ3v) is 5.52. The lowest BCUT2D eigenvalue weighted by molar-refractivity contribution is -0.140. The van der Waals surface area contributed by atoms with E-state index in [9.17, 15) is 14.9 Å². The standard InChI is InChI=1S/C20H25N3O3/c21-13-15-5-1-2-6-17(15)20(26)22-11-9-18-16(14-22)7-8-19(25)23(18)10-3-4-12-24/h1-2,5-6,16,18,24H,3-4,7-12,14H2/t16-,18+/m0/s1. The van der Waals surface area contributed by atoms with E-state index in [0.29, 0.717) is 43.6 Å². The molecule has 1 aromatic carbocycles. The molecule has 0 radical (unpaired) electrons. The fourth-order valence-electron chi connectivity index (χ4n) is 4.16. The van der Waals surface area contributed by atoms with Crippen LogP contribution in [0.2, 0.25) is 0 Å². The maximum absolute atomic E-state index is 12.9. The molecule has 6 nitrogen and oxygen atoms in total. The fraction of sp³-hybridized carbons (Fsp3) is 0.550. The van der Waals surface area contributed by atoms with Crippen LogP contribution in [-0.2, 0) is 4.79 Å². The molecule has 0 bridgehead atoms. The molecule has 0 unspecified atom stereocenters. The average molecular weight is 355 g/mol. The van der Waals surface area contributed by atoms with Crippen LogP contribution >= 0.6 is 0 Å². The highest BCUT2D eigenvalue weighted by Gasteiger charge is 2.40. The van der Waals surface area contributed by atoms with Gasteiger partial charge in [0.1, 0.15) is 0 Å². The van der Waals surface area contributed by atoms with Crippen molar-refractivity contribution in [1.29, 1.82) is 5.26 Å². The molecule has 2 fully saturated rings. The van der Waals surface area contributed by atoms with E-state index in [0.717, 1.165) is 19.3 Å². The molecular formula is C20H25N3O3. The summed E-state index contributed by atoms with van der Waals surface area (Å²) in [5.41, 5.74) is 0.865. The minimum atomic E-state index is -0.0932. The largest absolute Gasteiger partial charge is 0.396 e. The highest BCUT2D eigenvalue weighted by molar-refractivity contribution is 5.96. The molecule has 26 heavy (non-hydrogen) atoms. The van der Waals surface area contributed by atoms with Crippen molar-refractivity contribution in [1.82, 2.24) is 9.80 Å². The van der Waals surface area contributed by atoms with E-state index in [1.54, 1.807) is 24.3 Å². The zero-order valence-electron chi connectivity index (χ0n) is 14.9. The number of aliphatic hydroxyl groups is 1. The molecule has 0 aromatic heterocycles. The summed E-state index contributed by atoms with van der Waals surface area (Å²) in [6.07, 6.45) is 3.62. The van der Waals surface area contributed by atoms with Gasteiger partial charge in [-0.05, 0) is 43.7 Å². The lowest BCUT2D eigenvalue weighted by Gasteiger charge is -2.47. The molecule has 1 aromatic rings. The monoisotopic (exact) mass is 355 g/mol. The van der Waals surface area contributed by atoms with Crippen molar-refractivity contribution in [2.45, 2.75) is 38.1 Å². The Morgan fingerprint density at radius 1 is 1.27 bits per heavy atom. The minimum absolute atomic E-state index is 0.0932. The summed E-state index contributed by atoms with van der Waals surface area (Å²) < 4.78 is 0. The molecule has 1 N–H and O–H groups in total. The second-order valence-electron chi connectivity index (χ2n) is 7.08. The molecule has 2 amide bonds. The molecule has 138 valence electrons. The van der Waals surface area contributed by atoms with Crippen LogP contribution in [0.4, 0.5) is 0 Å². The van der Waals surface area contributed by atoms with E-state index < -0.39 is 0 Å². The van der Waals surface area contributed by atoms with Gasteiger partial charge in [0.2, 0.25) is 5.91 Å². The first kappa shape index (κ1) is 18.4. The third kappa shape index (κ3) is 3.73. The van der Waals surface area contributed by atoms with Crippen LogP contribution in [0.1, 0.15) is 48.0 Å². The molecule has 0 spiro atoms. The molecule has 0 aliphatic carbocycles. The van der Waals surface area contributed by atoms with E-state index >= 15 is 0 Å². The van der Waals surface area contributed by atoms with Gasteiger partial charge in [-0.1, -0.05) is 12.1 Å². The van der Waals surface area contributed by atoms with Crippen molar-refractivity contribution in [2.75, 3.05) is 26.2 Å². The van der Waals surface area contributed by atoms with Crippen LogP contribution in [0.25, 0.3) is 0 Å². The first-order valence-corrected chi connectivity index (χ1v) is 9.34. The number of piperidine rings is 2. The number of fused-ring (bicyclic) bond motifs is 1. The lowest BCUT2D eigenvalue weighted by atomic mass is 9.83. The van der Waals surface area contributed by atoms with Crippen LogP contribution in [0, 0.1) is 17.2 Å². The predicted molar refractivity (Wildman–Crippen MR) is 96.2 cm³/mol. The van der Waals surface area contributed by atoms with Gasteiger partial charge in [0, 0.05) is 38.7 Å². The molecule has 2 atom stereocenters. The van der Waals surface area contributed by atoms with Gasteiger partial charge < -0.3 is 14.9 Å². The van der Waals surface area contributed by atoms with Gasteiger partial charge >= 0.3 is 0 Å². The second-order valence-corrected chi connectivity index (χ2v) is 7.08. The Balaban J connectivity index is 1.69. The predicted octanol–water partition coefficient (Wildman–Crippen LogP) is 1.78. The number of benzene rings is 1. The molecule has 2 saturated heterocycles. The van der Waals surface area contributed by atoms with Crippen molar-refractivity contribution in [2.24, 2.45) is 5.92 Å². The van der Waals surface area contributed by atoms with Crippen molar-refractivity contribution in [3.8, 4) is 6.07 Å². The number of likely N-dealkylation sites (tertiary alicyclic amines) is 2. The summed E-state index contributed by atoms with van der Waals surface area (Å²) in [5, 5.41) is 18.2. The summed E-state index contributed by atoms with van der Waals surface area (Å²) in [6.45, 7) is 2.07. The molecule has 2 heterocycles. The number of carbonyl (C=O) groups is 2. The number of hydrogen-bond donors (Lipinski definition) is 1. The van der Waals surface area contributed by atoms with Crippen LogP contribution in [-0.4, -0.2) is 59.0 Å². The minimum Gasteiger partial charge on any atom is -0.396 e. The zero-order chi connectivity index (χ0) is 18.5. The number of hydrogen-bond acceptors (Lipinski definition) is 4. The number of amides is 2. The summed E-state index contributed by atoms with van der Waals surface area (Å²) in [6, 6.07) is 9.20. The zero-order valence-corrected chi connectivity index (χ0v) is 14.9. The van der Waals surface area contributed by atoms with Crippen molar-refractivity contribution in [3.63, 3.8) is 0 Å². The highest BCUT2D eigenvalue weighted by atomic mass is 16.3. The van der Waals surface area contributed by atoms with Gasteiger partial charge in [0.15, 0.2) is 0 Å². The Hall–Kier alpha value is -2.39. The average Bonchev–Trinajstić information content (AvgIpc) is 2.68. The SMILES string of the molecule is N#Cc1ccccc1C(=O)N1CC[C@@H]2[C@@H](CCC(=O)N2CCCCO)C1. The van der Waals surface area contributed by atoms with Gasteiger partial charge in [-0.3, -0.25) is 9.59 Å². The van der Waals surface area contributed by atoms with E-state index in [1.807, 2.05) is 9.80 Å². The normalized spacial score (nSPS) is 22.7. The van der Waals surface area contributed by atoms with E-state index in [4.69, 9.17) is 5.11 Å². The maximum Gasteiger partial charge on any atom is 0.255 e.